The van der Waals surface area contributed by atoms with Gasteiger partial charge in [0.1, 0.15) is 36.3 Å². The van der Waals surface area contributed by atoms with Crippen molar-refractivity contribution in [1.82, 2.24) is 4.90 Å². The first-order valence-corrected chi connectivity index (χ1v) is 9.78. The van der Waals surface area contributed by atoms with Gasteiger partial charge in [-0.1, -0.05) is 30.3 Å². The fraction of sp³-hybridized carbons (Fsp3) is 0.455. The molecule has 7 heteroatoms. The van der Waals surface area contributed by atoms with Gasteiger partial charge in [0.2, 0.25) is 0 Å². The maximum atomic E-state index is 10.4. The lowest BCUT2D eigenvalue weighted by Gasteiger charge is -2.40. The molecule has 0 saturated carbocycles. The van der Waals surface area contributed by atoms with Crippen molar-refractivity contribution in [2.24, 2.45) is 0 Å². The average Bonchev–Trinajstić information content (AvgIpc) is 3.14. The first-order valence-electron chi connectivity index (χ1n) is 9.78. The molecule has 4 rings (SSSR count). The third-order valence-corrected chi connectivity index (χ3v) is 5.83. The van der Waals surface area contributed by atoms with E-state index >= 15 is 0 Å². The largest absolute Gasteiger partial charge is 0.496 e. The number of rotatable bonds is 5. The lowest BCUT2D eigenvalue weighted by Crippen LogP contribution is -2.55. The highest BCUT2D eigenvalue weighted by Gasteiger charge is 2.44. The van der Waals surface area contributed by atoms with E-state index in [1.807, 2.05) is 24.3 Å². The number of nitrogens with zero attached hydrogens (tertiary/aromatic N) is 1. The van der Waals surface area contributed by atoms with Gasteiger partial charge in [0.25, 0.3) is 0 Å². The van der Waals surface area contributed by atoms with Crippen molar-refractivity contribution in [3.05, 3.63) is 64.7 Å². The molecule has 2 aliphatic rings. The van der Waals surface area contributed by atoms with Gasteiger partial charge >= 0.3 is 0 Å². The van der Waals surface area contributed by atoms with E-state index in [2.05, 4.69) is 17.0 Å². The quantitative estimate of drug-likeness (QED) is 0.586. The van der Waals surface area contributed by atoms with E-state index in [1.165, 1.54) is 11.1 Å². The maximum absolute atomic E-state index is 10.4. The molecule has 0 radical (unpaired) electrons. The van der Waals surface area contributed by atoms with Crippen LogP contribution in [0.5, 0.6) is 5.75 Å². The van der Waals surface area contributed by atoms with E-state index in [4.69, 9.17) is 9.47 Å². The van der Waals surface area contributed by atoms with E-state index in [0.717, 1.165) is 24.4 Å². The van der Waals surface area contributed by atoms with Gasteiger partial charge in [-0.2, -0.15) is 0 Å². The number of fused-ring (bicyclic) bond motifs is 1. The molecule has 5 unspecified atom stereocenters. The number of hydrogen-bond acceptors (Lipinski definition) is 7. The molecule has 2 heterocycles. The third-order valence-electron chi connectivity index (χ3n) is 5.83. The summed E-state index contributed by atoms with van der Waals surface area (Å²) in [6.45, 7) is 1.91. The molecule has 7 nitrogen and oxygen atoms in total. The van der Waals surface area contributed by atoms with Gasteiger partial charge in [-0.05, 0) is 28.8 Å². The van der Waals surface area contributed by atoms with Crippen LogP contribution in [0.25, 0.3) is 0 Å². The molecule has 1 saturated heterocycles. The summed E-state index contributed by atoms with van der Waals surface area (Å²) in [5.41, 5.74) is 4.23. The standard InChI is InChI=1S/C22H27NO6/c1-28-17-7-6-13(22-21(27)20(26)19(25)18(12-24)29-22)8-16(17)11-23-9-14-4-2-3-5-15(14)10-23/h2-8,18-22,24-27H,9-12H2,1H3. The van der Waals surface area contributed by atoms with Crippen LogP contribution in [-0.4, -0.2) is 63.5 Å². The first kappa shape index (κ1) is 20.3. The summed E-state index contributed by atoms with van der Waals surface area (Å²) in [4.78, 5) is 2.31. The van der Waals surface area contributed by atoms with Gasteiger partial charge < -0.3 is 29.9 Å². The van der Waals surface area contributed by atoms with E-state index in [0.29, 0.717) is 12.1 Å². The lowest BCUT2D eigenvalue weighted by molar-refractivity contribution is -0.231. The van der Waals surface area contributed by atoms with Gasteiger partial charge in [-0.15, -0.1) is 0 Å². The fourth-order valence-corrected chi connectivity index (χ4v) is 4.23. The van der Waals surface area contributed by atoms with Crippen molar-refractivity contribution in [2.75, 3.05) is 13.7 Å². The van der Waals surface area contributed by atoms with Crippen molar-refractivity contribution in [3.8, 4) is 5.75 Å². The number of aliphatic hydroxyl groups excluding tert-OH is 4. The molecule has 2 aliphatic heterocycles. The summed E-state index contributed by atoms with van der Waals surface area (Å²) in [5.74, 6) is 0.731. The van der Waals surface area contributed by atoms with Crippen LogP contribution in [0.15, 0.2) is 42.5 Å². The molecule has 0 aliphatic carbocycles. The van der Waals surface area contributed by atoms with Crippen molar-refractivity contribution in [1.29, 1.82) is 0 Å². The number of benzene rings is 2. The Hall–Kier alpha value is -2.00. The summed E-state index contributed by atoms with van der Waals surface area (Å²) in [6, 6.07) is 13.8. The zero-order valence-electron chi connectivity index (χ0n) is 16.3. The van der Waals surface area contributed by atoms with Crippen LogP contribution in [0.4, 0.5) is 0 Å². The molecule has 1 fully saturated rings. The van der Waals surface area contributed by atoms with Crippen LogP contribution >= 0.6 is 0 Å². The van der Waals surface area contributed by atoms with Gasteiger partial charge in [-0.3, -0.25) is 4.90 Å². The van der Waals surface area contributed by atoms with Crippen LogP contribution in [0.3, 0.4) is 0 Å². The Kier molecular flexibility index (Phi) is 5.87. The Morgan fingerprint density at radius 3 is 2.31 bits per heavy atom. The van der Waals surface area contributed by atoms with Crippen molar-refractivity contribution in [3.63, 3.8) is 0 Å². The molecule has 2 aromatic rings. The highest BCUT2D eigenvalue weighted by atomic mass is 16.5. The Bertz CT molecular complexity index is 832. The molecule has 5 atom stereocenters. The zero-order chi connectivity index (χ0) is 20.5. The predicted octanol–water partition coefficient (Wildman–Crippen LogP) is 0.726. The average molecular weight is 401 g/mol. The smallest absolute Gasteiger partial charge is 0.123 e. The molecule has 2 aromatic carbocycles. The summed E-state index contributed by atoms with van der Waals surface area (Å²) in [6.07, 6.45) is -5.86. The van der Waals surface area contributed by atoms with E-state index in [-0.39, 0.29) is 0 Å². The number of hydrogen-bond donors (Lipinski definition) is 4. The first-order chi connectivity index (χ1) is 14.0. The van der Waals surface area contributed by atoms with Gasteiger partial charge in [0.15, 0.2) is 0 Å². The third kappa shape index (κ3) is 3.90. The van der Waals surface area contributed by atoms with Crippen molar-refractivity contribution in [2.45, 2.75) is 50.2 Å². The predicted molar refractivity (Wildman–Crippen MR) is 105 cm³/mol. The number of ether oxygens (including phenoxy) is 2. The maximum Gasteiger partial charge on any atom is 0.123 e. The van der Waals surface area contributed by atoms with Crippen LogP contribution in [0.2, 0.25) is 0 Å². The Labute approximate surface area is 169 Å². The fourth-order valence-electron chi connectivity index (χ4n) is 4.23. The van der Waals surface area contributed by atoms with E-state index in [9.17, 15) is 20.4 Å². The van der Waals surface area contributed by atoms with Gasteiger partial charge in [-0.25, -0.2) is 0 Å². The lowest BCUT2D eigenvalue weighted by atomic mass is 9.90. The van der Waals surface area contributed by atoms with E-state index < -0.39 is 37.1 Å². The van der Waals surface area contributed by atoms with E-state index in [1.54, 1.807) is 13.2 Å². The minimum Gasteiger partial charge on any atom is -0.496 e. The highest BCUT2D eigenvalue weighted by Crippen LogP contribution is 2.35. The SMILES string of the molecule is COc1ccc(C2OC(CO)C(O)C(O)C2O)cc1CN1Cc2ccccc2C1. The minimum absolute atomic E-state index is 0.448. The molecule has 0 aromatic heterocycles. The Balaban J connectivity index is 1.57. The van der Waals surface area contributed by atoms with Crippen LogP contribution in [-0.2, 0) is 24.4 Å². The molecule has 0 amide bonds. The molecule has 29 heavy (non-hydrogen) atoms. The van der Waals surface area contributed by atoms with Crippen LogP contribution < -0.4 is 4.74 Å². The molecule has 156 valence electrons. The molecular formula is C22H27NO6. The molecule has 4 N–H and O–H groups in total. The zero-order valence-corrected chi connectivity index (χ0v) is 16.3. The Morgan fingerprint density at radius 1 is 1.00 bits per heavy atom. The van der Waals surface area contributed by atoms with Crippen molar-refractivity contribution < 1.29 is 29.9 Å². The topological polar surface area (TPSA) is 103 Å². The summed E-state index contributed by atoms with van der Waals surface area (Å²) in [5, 5.41) is 40.0. The second kappa shape index (κ2) is 8.39. The molecule has 0 spiro atoms. The summed E-state index contributed by atoms with van der Waals surface area (Å²) < 4.78 is 11.2. The van der Waals surface area contributed by atoms with Gasteiger partial charge in [0, 0.05) is 25.2 Å². The second-order valence-electron chi connectivity index (χ2n) is 7.73. The number of methoxy groups -OCH3 is 1. The summed E-state index contributed by atoms with van der Waals surface area (Å²) >= 11 is 0. The normalized spacial score (nSPS) is 29.6. The highest BCUT2D eigenvalue weighted by molar-refractivity contribution is 5.39. The van der Waals surface area contributed by atoms with Gasteiger partial charge in [0.05, 0.1) is 13.7 Å². The second-order valence-corrected chi connectivity index (χ2v) is 7.73. The minimum atomic E-state index is -1.40. The Morgan fingerprint density at radius 2 is 1.69 bits per heavy atom. The molecule has 0 bridgehead atoms. The van der Waals surface area contributed by atoms with Crippen LogP contribution in [0.1, 0.15) is 28.4 Å². The van der Waals surface area contributed by atoms with Crippen LogP contribution in [0, 0.1) is 0 Å². The van der Waals surface area contributed by atoms with Crippen molar-refractivity contribution >= 4 is 0 Å². The monoisotopic (exact) mass is 401 g/mol. The summed E-state index contributed by atoms with van der Waals surface area (Å²) in [7, 11) is 1.62. The molecular weight excluding hydrogens is 374 g/mol. The number of aliphatic hydroxyl groups is 4.